The maximum atomic E-state index is 13.3. The Morgan fingerprint density at radius 3 is 2.52 bits per heavy atom. The van der Waals surface area contributed by atoms with Gasteiger partial charge in [0.05, 0.1) is 12.2 Å². The minimum absolute atomic E-state index is 0.0787. The van der Waals surface area contributed by atoms with Crippen LogP contribution >= 0.6 is 11.6 Å². The van der Waals surface area contributed by atoms with Crippen molar-refractivity contribution in [3.63, 3.8) is 0 Å². The van der Waals surface area contributed by atoms with Crippen LogP contribution in [0, 0.1) is 0 Å². The van der Waals surface area contributed by atoms with Crippen molar-refractivity contribution in [2.75, 3.05) is 26.2 Å². The Balaban J connectivity index is 1.40. The summed E-state index contributed by atoms with van der Waals surface area (Å²) in [5.74, 6) is 0.776. The Labute approximate surface area is 201 Å². The van der Waals surface area contributed by atoms with E-state index in [1.165, 1.54) is 32.4 Å². The standard InChI is InChI=1S/C27H30ClN3O2/c28-24-8-6-7-23(19-24)27(32)31(21-25-9-2-3-14-29-25)20-22-10-12-26(13-11-22)33-18-17-30-15-4-1-5-16-30/h2-3,6-14,19H,1,4-5,15-18,20-21H2. The molecular formula is C27H30ClN3O2. The van der Waals surface area contributed by atoms with E-state index in [2.05, 4.69) is 9.88 Å². The average Bonchev–Trinajstić information content (AvgIpc) is 2.85. The molecule has 1 aromatic heterocycles. The van der Waals surface area contributed by atoms with Gasteiger partial charge < -0.3 is 9.64 Å². The van der Waals surface area contributed by atoms with Gasteiger partial charge in [-0.2, -0.15) is 0 Å². The number of hydrogen-bond acceptors (Lipinski definition) is 4. The number of pyridine rings is 1. The molecule has 3 aromatic rings. The minimum Gasteiger partial charge on any atom is -0.492 e. The van der Waals surface area contributed by atoms with E-state index in [1.807, 2.05) is 42.5 Å². The fourth-order valence-corrected chi connectivity index (χ4v) is 4.27. The van der Waals surface area contributed by atoms with Crippen molar-refractivity contribution < 1.29 is 9.53 Å². The van der Waals surface area contributed by atoms with Gasteiger partial charge in [0.2, 0.25) is 0 Å². The number of hydrogen-bond donors (Lipinski definition) is 0. The summed E-state index contributed by atoms with van der Waals surface area (Å²) >= 11 is 6.12. The molecule has 172 valence electrons. The van der Waals surface area contributed by atoms with E-state index in [9.17, 15) is 4.79 Å². The second-order valence-corrected chi connectivity index (χ2v) is 8.82. The van der Waals surface area contributed by atoms with E-state index >= 15 is 0 Å². The van der Waals surface area contributed by atoms with Crippen LogP contribution in [0.1, 0.15) is 40.9 Å². The molecule has 0 saturated carbocycles. The molecule has 0 radical (unpaired) electrons. The Morgan fingerprint density at radius 1 is 0.970 bits per heavy atom. The van der Waals surface area contributed by atoms with Gasteiger partial charge in [0.25, 0.3) is 5.91 Å². The maximum Gasteiger partial charge on any atom is 0.254 e. The third-order valence-electron chi connectivity index (χ3n) is 5.86. The monoisotopic (exact) mass is 463 g/mol. The van der Waals surface area contributed by atoms with Gasteiger partial charge in [0.1, 0.15) is 12.4 Å². The van der Waals surface area contributed by atoms with Crippen LogP contribution < -0.4 is 4.74 Å². The molecule has 1 fully saturated rings. The van der Waals surface area contributed by atoms with Gasteiger partial charge in [-0.25, -0.2) is 0 Å². The molecule has 4 rings (SSSR count). The van der Waals surface area contributed by atoms with Gasteiger partial charge >= 0.3 is 0 Å². The summed E-state index contributed by atoms with van der Waals surface area (Å²) in [5, 5.41) is 0.546. The smallest absolute Gasteiger partial charge is 0.254 e. The molecular weight excluding hydrogens is 434 g/mol. The number of amides is 1. The maximum absolute atomic E-state index is 13.3. The number of rotatable bonds is 9. The summed E-state index contributed by atoms with van der Waals surface area (Å²) in [6, 6.07) is 20.8. The van der Waals surface area contributed by atoms with Crippen LogP contribution in [-0.2, 0) is 13.1 Å². The molecule has 0 bridgehead atoms. The molecule has 1 aliphatic rings. The number of nitrogens with zero attached hydrogens (tertiary/aromatic N) is 3. The summed E-state index contributed by atoms with van der Waals surface area (Å²) in [6.45, 7) is 4.90. The highest BCUT2D eigenvalue weighted by Gasteiger charge is 2.18. The molecule has 1 aliphatic heterocycles. The lowest BCUT2D eigenvalue weighted by molar-refractivity contribution is 0.0728. The SMILES string of the molecule is O=C(c1cccc(Cl)c1)N(Cc1ccc(OCCN2CCCCC2)cc1)Cc1ccccn1. The molecule has 0 spiro atoms. The van der Waals surface area contributed by atoms with Gasteiger partial charge in [0.15, 0.2) is 0 Å². The third kappa shape index (κ3) is 7.04. The van der Waals surface area contributed by atoms with Gasteiger partial charge in [-0.15, -0.1) is 0 Å². The summed E-state index contributed by atoms with van der Waals surface area (Å²) in [7, 11) is 0. The molecule has 6 heteroatoms. The Kier molecular flexibility index (Phi) is 8.34. The molecule has 0 aliphatic carbocycles. The number of carbonyl (C=O) groups is 1. The van der Waals surface area contributed by atoms with E-state index in [0.717, 1.165) is 23.6 Å². The lowest BCUT2D eigenvalue weighted by Gasteiger charge is -2.26. The van der Waals surface area contributed by atoms with Crippen LogP contribution in [-0.4, -0.2) is 46.9 Å². The summed E-state index contributed by atoms with van der Waals surface area (Å²) < 4.78 is 5.95. The Morgan fingerprint density at radius 2 is 1.79 bits per heavy atom. The van der Waals surface area contributed by atoms with Gasteiger partial charge in [-0.3, -0.25) is 14.7 Å². The van der Waals surface area contributed by atoms with Gasteiger partial charge in [-0.1, -0.05) is 42.3 Å². The van der Waals surface area contributed by atoms with E-state index in [-0.39, 0.29) is 5.91 Å². The fourth-order valence-electron chi connectivity index (χ4n) is 4.08. The lowest BCUT2D eigenvalue weighted by atomic mass is 10.1. The van der Waals surface area contributed by atoms with Crippen LogP contribution in [0.5, 0.6) is 5.75 Å². The molecule has 33 heavy (non-hydrogen) atoms. The van der Waals surface area contributed by atoms with Crippen LogP contribution in [0.15, 0.2) is 72.9 Å². The number of piperidine rings is 1. The van der Waals surface area contributed by atoms with Gasteiger partial charge in [-0.05, 0) is 74.0 Å². The molecule has 1 saturated heterocycles. The van der Waals surface area contributed by atoms with E-state index in [0.29, 0.717) is 30.3 Å². The zero-order chi connectivity index (χ0) is 22.9. The zero-order valence-corrected chi connectivity index (χ0v) is 19.6. The third-order valence-corrected chi connectivity index (χ3v) is 6.09. The highest BCUT2D eigenvalue weighted by molar-refractivity contribution is 6.30. The number of aromatic nitrogens is 1. The number of benzene rings is 2. The predicted octanol–water partition coefficient (Wildman–Crippen LogP) is 5.44. The molecule has 2 heterocycles. The van der Waals surface area contributed by atoms with Crippen molar-refractivity contribution in [1.29, 1.82) is 0 Å². The minimum atomic E-state index is -0.0787. The summed E-state index contributed by atoms with van der Waals surface area (Å²) in [6.07, 6.45) is 5.67. The van der Waals surface area contributed by atoms with E-state index in [1.54, 1.807) is 35.4 Å². The largest absolute Gasteiger partial charge is 0.492 e. The Bertz CT molecular complexity index is 1020. The lowest BCUT2D eigenvalue weighted by Crippen LogP contribution is -2.33. The van der Waals surface area contributed by atoms with E-state index in [4.69, 9.17) is 16.3 Å². The molecule has 0 atom stereocenters. The van der Waals surface area contributed by atoms with Gasteiger partial charge in [0, 0.05) is 29.9 Å². The van der Waals surface area contributed by atoms with Crippen molar-refractivity contribution in [3.05, 3.63) is 94.8 Å². The summed E-state index contributed by atoms with van der Waals surface area (Å²) in [5.41, 5.74) is 2.44. The molecule has 1 amide bonds. The van der Waals surface area contributed by atoms with Crippen LogP contribution in [0.4, 0.5) is 0 Å². The first-order valence-electron chi connectivity index (χ1n) is 11.6. The van der Waals surface area contributed by atoms with E-state index < -0.39 is 0 Å². The quantitative estimate of drug-likeness (QED) is 0.423. The first-order valence-corrected chi connectivity index (χ1v) is 11.9. The molecule has 0 unspecified atom stereocenters. The topological polar surface area (TPSA) is 45.7 Å². The van der Waals surface area contributed by atoms with Crippen molar-refractivity contribution in [2.24, 2.45) is 0 Å². The van der Waals surface area contributed by atoms with Crippen molar-refractivity contribution in [3.8, 4) is 5.75 Å². The average molecular weight is 464 g/mol. The van der Waals surface area contributed by atoms with Crippen LogP contribution in [0.3, 0.4) is 0 Å². The number of carbonyl (C=O) groups excluding carboxylic acids is 1. The molecule has 2 aromatic carbocycles. The normalized spacial score (nSPS) is 14.1. The summed E-state index contributed by atoms with van der Waals surface area (Å²) in [4.78, 5) is 21.9. The number of halogens is 1. The van der Waals surface area contributed by atoms with Crippen LogP contribution in [0.25, 0.3) is 0 Å². The predicted molar refractivity (Wildman–Crippen MR) is 131 cm³/mol. The van der Waals surface area contributed by atoms with Crippen molar-refractivity contribution in [2.45, 2.75) is 32.4 Å². The van der Waals surface area contributed by atoms with Crippen molar-refractivity contribution in [1.82, 2.24) is 14.8 Å². The second-order valence-electron chi connectivity index (χ2n) is 8.39. The number of likely N-dealkylation sites (tertiary alicyclic amines) is 1. The molecule has 0 N–H and O–H groups in total. The first-order chi connectivity index (χ1) is 16.2. The second kappa shape index (κ2) is 11.8. The highest BCUT2D eigenvalue weighted by atomic mass is 35.5. The van der Waals surface area contributed by atoms with Crippen molar-refractivity contribution >= 4 is 17.5 Å². The number of ether oxygens (including phenoxy) is 1. The molecule has 5 nitrogen and oxygen atoms in total. The fraction of sp³-hybridized carbons (Fsp3) is 0.333. The Hall–Kier alpha value is -2.89. The highest BCUT2D eigenvalue weighted by Crippen LogP contribution is 2.19. The first kappa shape index (κ1) is 23.3. The zero-order valence-electron chi connectivity index (χ0n) is 18.8. The van der Waals surface area contributed by atoms with Crippen LogP contribution in [0.2, 0.25) is 5.02 Å².